The monoisotopic (exact) mass is 425 g/mol. The second-order valence-corrected chi connectivity index (χ2v) is 7.39. The molecule has 29 heavy (non-hydrogen) atoms. The van der Waals surface area contributed by atoms with Crippen molar-refractivity contribution in [2.45, 2.75) is 39.5 Å². The molecule has 1 aliphatic rings. The van der Waals surface area contributed by atoms with E-state index in [1.54, 1.807) is 25.7 Å². The van der Waals surface area contributed by atoms with Crippen LogP contribution in [-0.2, 0) is 19.1 Å². The van der Waals surface area contributed by atoms with Crippen LogP contribution in [0, 0.1) is 0 Å². The number of esters is 1. The van der Waals surface area contributed by atoms with Crippen LogP contribution in [0.15, 0.2) is 5.38 Å². The van der Waals surface area contributed by atoms with Crippen molar-refractivity contribution >= 4 is 40.2 Å². The van der Waals surface area contributed by atoms with Crippen LogP contribution in [0.1, 0.15) is 55.5 Å². The van der Waals surface area contributed by atoms with Gasteiger partial charge < -0.3 is 14.8 Å². The number of amides is 3. The van der Waals surface area contributed by atoms with Gasteiger partial charge in [-0.25, -0.2) is 9.59 Å². The number of nitrogens with one attached hydrogen (secondary N) is 2. The van der Waals surface area contributed by atoms with Gasteiger partial charge in [0.25, 0.3) is 0 Å². The van der Waals surface area contributed by atoms with Crippen molar-refractivity contribution in [1.29, 1.82) is 0 Å². The molecule has 10 heteroatoms. The zero-order valence-corrected chi connectivity index (χ0v) is 17.7. The molecule has 1 heterocycles. The Morgan fingerprint density at radius 2 is 1.72 bits per heavy atom. The normalized spacial score (nSPS) is 13.1. The summed E-state index contributed by atoms with van der Waals surface area (Å²) in [6.45, 7) is 5.81. The highest BCUT2D eigenvalue weighted by Crippen LogP contribution is 2.46. The first-order valence-corrected chi connectivity index (χ1v) is 10.5. The molecule has 1 aromatic rings. The van der Waals surface area contributed by atoms with Gasteiger partial charge in [0.2, 0.25) is 11.8 Å². The molecule has 0 unspecified atom stereocenters. The lowest BCUT2D eigenvalue weighted by atomic mass is 10.1. The average molecular weight is 426 g/mol. The van der Waals surface area contributed by atoms with Crippen molar-refractivity contribution in [1.82, 2.24) is 10.2 Å². The Balaban J connectivity index is 1.97. The van der Waals surface area contributed by atoms with Gasteiger partial charge in [0.1, 0.15) is 5.00 Å². The smallest absolute Gasteiger partial charge is 0.413 e. The fourth-order valence-corrected chi connectivity index (χ4v) is 3.79. The summed E-state index contributed by atoms with van der Waals surface area (Å²) in [6.07, 6.45) is 1.23. The summed E-state index contributed by atoms with van der Waals surface area (Å²) in [7, 11) is 0. The van der Waals surface area contributed by atoms with Crippen molar-refractivity contribution < 1.29 is 28.7 Å². The number of alkyl carbamates (subject to hydrolysis) is 1. The number of imide groups is 1. The van der Waals surface area contributed by atoms with Crippen molar-refractivity contribution in [2.75, 3.05) is 38.2 Å². The van der Waals surface area contributed by atoms with Gasteiger partial charge >= 0.3 is 12.1 Å². The highest BCUT2D eigenvalue weighted by atomic mass is 32.1. The van der Waals surface area contributed by atoms with Crippen LogP contribution in [0.3, 0.4) is 0 Å². The van der Waals surface area contributed by atoms with Crippen LogP contribution in [0.5, 0.6) is 0 Å². The molecule has 1 aromatic heterocycles. The number of anilines is 1. The van der Waals surface area contributed by atoms with Crippen LogP contribution in [0.4, 0.5) is 9.80 Å². The molecule has 9 nitrogen and oxygen atoms in total. The van der Waals surface area contributed by atoms with E-state index in [0.29, 0.717) is 23.0 Å². The molecule has 3 amide bonds. The number of hydrogen-bond donors (Lipinski definition) is 2. The van der Waals surface area contributed by atoms with E-state index in [9.17, 15) is 19.2 Å². The van der Waals surface area contributed by atoms with Gasteiger partial charge in [-0.3, -0.25) is 19.8 Å². The van der Waals surface area contributed by atoms with Crippen molar-refractivity contribution in [3.63, 3.8) is 0 Å². The molecule has 0 spiro atoms. The van der Waals surface area contributed by atoms with Gasteiger partial charge in [0, 0.05) is 0 Å². The lowest BCUT2D eigenvalue weighted by molar-refractivity contribution is -0.122. The highest BCUT2D eigenvalue weighted by Gasteiger charge is 2.32. The molecule has 0 saturated heterocycles. The number of carbonyl (C=O) groups is 4. The third-order valence-corrected chi connectivity index (χ3v) is 5.18. The van der Waals surface area contributed by atoms with E-state index in [1.807, 2.05) is 5.38 Å². The molecule has 1 aliphatic carbocycles. The fourth-order valence-electron chi connectivity index (χ4n) is 2.74. The second-order valence-electron chi connectivity index (χ2n) is 6.51. The Labute approximate surface area is 173 Å². The summed E-state index contributed by atoms with van der Waals surface area (Å²) in [5, 5.41) is 7.22. The second kappa shape index (κ2) is 10.9. The van der Waals surface area contributed by atoms with Gasteiger partial charge in [-0.05, 0) is 50.1 Å². The summed E-state index contributed by atoms with van der Waals surface area (Å²) < 4.78 is 9.81. The lowest BCUT2D eigenvalue weighted by Gasteiger charge is -2.19. The molecule has 0 radical (unpaired) electrons. The first kappa shape index (κ1) is 22.8. The molecule has 0 aromatic carbocycles. The van der Waals surface area contributed by atoms with Gasteiger partial charge in [-0.2, -0.15) is 0 Å². The molecule has 2 rings (SSSR count). The molecule has 160 valence electrons. The molecule has 0 atom stereocenters. The topological polar surface area (TPSA) is 114 Å². The minimum absolute atomic E-state index is 0.0638. The molecular weight excluding hydrogens is 398 g/mol. The van der Waals surface area contributed by atoms with Gasteiger partial charge in [0.15, 0.2) is 0 Å². The SMILES string of the molecule is CCOC(=O)NC(=O)CN(CC)CC(=O)Nc1scc(C2CC2)c1C(=O)OCC. The van der Waals surface area contributed by atoms with E-state index in [1.165, 1.54) is 11.3 Å². The summed E-state index contributed by atoms with van der Waals surface area (Å²) in [4.78, 5) is 49.6. The Hall–Kier alpha value is -2.46. The van der Waals surface area contributed by atoms with E-state index < -0.39 is 18.0 Å². The summed E-state index contributed by atoms with van der Waals surface area (Å²) >= 11 is 1.30. The minimum Gasteiger partial charge on any atom is -0.462 e. The Morgan fingerprint density at radius 1 is 1.07 bits per heavy atom. The predicted molar refractivity (Wildman–Crippen MR) is 108 cm³/mol. The number of ether oxygens (including phenoxy) is 2. The van der Waals surface area contributed by atoms with Crippen molar-refractivity contribution in [3.05, 3.63) is 16.5 Å². The number of nitrogens with zero attached hydrogens (tertiary/aromatic N) is 1. The standard InChI is InChI=1S/C19H27N3O6S/c1-4-22(10-15(24)21-19(26)28-6-3)9-14(23)20-17-16(18(25)27-5-2)13(11-29-17)12-7-8-12/h11-12H,4-10H2,1-3H3,(H,20,23)(H,21,24,26). The summed E-state index contributed by atoms with van der Waals surface area (Å²) in [6, 6.07) is 0. The maximum atomic E-state index is 12.5. The fraction of sp³-hybridized carbons (Fsp3) is 0.579. The Morgan fingerprint density at radius 3 is 2.31 bits per heavy atom. The molecule has 1 fully saturated rings. The van der Waals surface area contributed by atoms with E-state index in [2.05, 4.69) is 15.4 Å². The zero-order chi connectivity index (χ0) is 21.4. The van der Waals surface area contributed by atoms with Crippen LogP contribution < -0.4 is 10.6 Å². The van der Waals surface area contributed by atoms with Crippen molar-refractivity contribution in [2.24, 2.45) is 0 Å². The quantitative estimate of drug-likeness (QED) is 0.553. The number of likely N-dealkylation sites (N-methyl/N-ethyl adjacent to an activating group) is 1. The first-order chi connectivity index (χ1) is 13.9. The summed E-state index contributed by atoms with van der Waals surface area (Å²) in [5.74, 6) is -1.01. The first-order valence-electron chi connectivity index (χ1n) is 9.66. The van der Waals surface area contributed by atoms with Crippen LogP contribution in [0.2, 0.25) is 0 Å². The Kier molecular flexibility index (Phi) is 8.59. The third kappa shape index (κ3) is 6.82. The number of hydrogen-bond acceptors (Lipinski definition) is 8. The maximum absolute atomic E-state index is 12.5. The van der Waals surface area contributed by atoms with Crippen LogP contribution >= 0.6 is 11.3 Å². The number of thiophene rings is 1. The molecule has 1 saturated carbocycles. The minimum atomic E-state index is -0.816. The molecule has 0 aliphatic heterocycles. The Bertz CT molecular complexity index is 759. The van der Waals surface area contributed by atoms with Gasteiger partial charge in [-0.1, -0.05) is 6.92 Å². The van der Waals surface area contributed by atoms with Gasteiger partial charge in [-0.15, -0.1) is 11.3 Å². The largest absolute Gasteiger partial charge is 0.462 e. The number of rotatable bonds is 10. The van der Waals surface area contributed by atoms with Crippen LogP contribution in [-0.4, -0.2) is 61.6 Å². The predicted octanol–water partition coefficient (Wildman–Crippen LogP) is 2.34. The zero-order valence-electron chi connectivity index (χ0n) is 16.9. The summed E-state index contributed by atoms with van der Waals surface area (Å²) in [5.41, 5.74) is 1.35. The maximum Gasteiger partial charge on any atom is 0.413 e. The average Bonchev–Trinajstić information content (AvgIpc) is 3.42. The van der Waals surface area contributed by atoms with Crippen molar-refractivity contribution in [3.8, 4) is 0 Å². The number of carbonyl (C=O) groups excluding carboxylic acids is 4. The molecule has 2 N–H and O–H groups in total. The highest BCUT2D eigenvalue weighted by molar-refractivity contribution is 7.15. The lowest BCUT2D eigenvalue weighted by Crippen LogP contribution is -2.43. The van der Waals surface area contributed by atoms with Gasteiger partial charge in [0.05, 0.1) is 31.9 Å². The third-order valence-electron chi connectivity index (χ3n) is 4.27. The van der Waals surface area contributed by atoms with E-state index in [0.717, 1.165) is 18.4 Å². The molecular formula is C19H27N3O6S. The molecule has 0 bridgehead atoms. The van der Waals surface area contributed by atoms with E-state index in [-0.39, 0.29) is 32.2 Å². The van der Waals surface area contributed by atoms with E-state index >= 15 is 0 Å². The van der Waals surface area contributed by atoms with E-state index in [4.69, 9.17) is 4.74 Å². The van der Waals surface area contributed by atoms with Crippen LogP contribution in [0.25, 0.3) is 0 Å².